The molecule has 1 fully saturated rings. The molecule has 11 heteroatoms. The van der Waals surface area contributed by atoms with E-state index in [1.54, 1.807) is 13.8 Å². The fraction of sp³-hybridized carbons (Fsp3) is 0.632. The van der Waals surface area contributed by atoms with Gasteiger partial charge in [0.2, 0.25) is 15.9 Å². The largest absolute Gasteiger partial charge is 0.462 e. The van der Waals surface area contributed by atoms with Crippen LogP contribution in [0.2, 0.25) is 0 Å². The summed E-state index contributed by atoms with van der Waals surface area (Å²) in [6, 6.07) is 0. The Kier molecular flexibility index (Phi) is 8.39. The topological polar surface area (TPSA) is 119 Å². The van der Waals surface area contributed by atoms with E-state index < -0.39 is 27.9 Å². The highest BCUT2D eigenvalue weighted by molar-refractivity contribution is 7.88. The molecule has 30 heavy (non-hydrogen) atoms. The van der Waals surface area contributed by atoms with Gasteiger partial charge in [0.15, 0.2) is 0 Å². The number of nitrogens with one attached hydrogen (secondary N) is 1. The minimum Gasteiger partial charge on any atom is -0.462 e. The Hall–Kier alpha value is -1.98. The summed E-state index contributed by atoms with van der Waals surface area (Å²) in [6.07, 6.45) is 2.54. The molecule has 0 atom stereocenters. The van der Waals surface area contributed by atoms with Crippen LogP contribution in [0, 0.1) is 12.8 Å². The lowest BCUT2D eigenvalue weighted by molar-refractivity contribution is -0.120. The Bertz CT molecular complexity index is 900. The van der Waals surface area contributed by atoms with Gasteiger partial charge in [-0.3, -0.25) is 4.79 Å². The molecule has 0 bridgehead atoms. The van der Waals surface area contributed by atoms with Crippen LogP contribution in [0.15, 0.2) is 0 Å². The van der Waals surface area contributed by atoms with E-state index in [4.69, 9.17) is 9.47 Å². The van der Waals surface area contributed by atoms with Crippen LogP contribution in [-0.4, -0.2) is 63.1 Å². The first kappa shape index (κ1) is 24.3. The molecular weight excluding hydrogens is 432 g/mol. The Balaban J connectivity index is 2.22. The van der Waals surface area contributed by atoms with E-state index >= 15 is 0 Å². The number of nitrogens with zero attached hydrogens (tertiary/aromatic N) is 1. The Labute approximate surface area is 180 Å². The molecule has 1 aromatic rings. The minimum absolute atomic E-state index is 0.151. The summed E-state index contributed by atoms with van der Waals surface area (Å²) in [7, 11) is -3.29. The molecule has 0 unspecified atom stereocenters. The van der Waals surface area contributed by atoms with Crippen LogP contribution in [-0.2, 0) is 24.3 Å². The number of piperidine rings is 1. The molecule has 1 amide bonds. The van der Waals surface area contributed by atoms with Gasteiger partial charge in [-0.25, -0.2) is 22.3 Å². The van der Waals surface area contributed by atoms with Crippen LogP contribution in [0.1, 0.15) is 58.7 Å². The Morgan fingerprint density at radius 3 is 2.30 bits per heavy atom. The van der Waals surface area contributed by atoms with Crippen molar-refractivity contribution in [3.63, 3.8) is 0 Å². The van der Waals surface area contributed by atoms with Gasteiger partial charge in [0, 0.05) is 19.0 Å². The molecule has 0 aliphatic carbocycles. The van der Waals surface area contributed by atoms with Crippen molar-refractivity contribution in [2.24, 2.45) is 5.92 Å². The molecule has 0 aromatic carbocycles. The summed E-state index contributed by atoms with van der Waals surface area (Å²) < 4.78 is 34.9. The lowest BCUT2D eigenvalue weighted by Crippen LogP contribution is -2.40. The molecule has 2 heterocycles. The van der Waals surface area contributed by atoms with Gasteiger partial charge in [-0.05, 0) is 38.7 Å². The Morgan fingerprint density at radius 1 is 1.13 bits per heavy atom. The summed E-state index contributed by atoms with van der Waals surface area (Å²) in [5, 5.41) is 3.00. The number of anilines is 1. The smallest absolute Gasteiger partial charge is 0.348 e. The van der Waals surface area contributed by atoms with E-state index in [0.717, 1.165) is 17.6 Å². The van der Waals surface area contributed by atoms with Crippen LogP contribution < -0.4 is 5.32 Å². The zero-order chi connectivity index (χ0) is 22.5. The van der Waals surface area contributed by atoms with E-state index in [0.29, 0.717) is 24.8 Å². The maximum Gasteiger partial charge on any atom is 0.348 e. The second-order valence-corrected chi connectivity index (χ2v) is 10.0. The van der Waals surface area contributed by atoms with Gasteiger partial charge in [0.1, 0.15) is 9.88 Å². The highest BCUT2D eigenvalue weighted by atomic mass is 32.2. The second-order valence-electron chi connectivity index (χ2n) is 7.04. The van der Waals surface area contributed by atoms with Crippen molar-refractivity contribution >= 4 is 44.2 Å². The second kappa shape index (κ2) is 10.4. The lowest BCUT2D eigenvalue weighted by Gasteiger charge is -2.29. The molecule has 0 saturated carbocycles. The molecule has 9 nitrogen and oxygen atoms in total. The number of esters is 2. The summed E-state index contributed by atoms with van der Waals surface area (Å²) in [6.45, 7) is 6.10. The molecule has 0 spiro atoms. The zero-order valence-corrected chi connectivity index (χ0v) is 19.3. The maximum atomic E-state index is 12.8. The number of carbonyl (C=O) groups is 3. The highest BCUT2D eigenvalue weighted by Gasteiger charge is 2.32. The SMILES string of the molecule is CCCOC(=O)c1c(NC(=O)C2CCN(S(C)(=O)=O)CC2)sc(C(=O)OCC)c1C. The van der Waals surface area contributed by atoms with E-state index in [-0.39, 0.29) is 47.7 Å². The van der Waals surface area contributed by atoms with Gasteiger partial charge < -0.3 is 14.8 Å². The third kappa shape index (κ3) is 5.79. The van der Waals surface area contributed by atoms with Crippen molar-refractivity contribution in [3.05, 3.63) is 16.0 Å². The minimum atomic E-state index is -3.29. The fourth-order valence-corrected chi connectivity index (χ4v) is 5.13. The van der Waals surface area contributed by atoms with Gasteiger partial charge in [0.25, 0.3) is 0 Å². The molecule has 2 rings (SSSR count). The van der Waals surface area contributed by atoms with E-state index in [1.807, 2.05) is 6.92 Å². The van der Waals surface area contributed by atoms with Crippen LogP contribution in [0.25, 0.3) is 0 Å². The number of sulfonamides is 1. The summed E-state index contributed by atoms with van der Waals surface area (Å²) >= 11 is 0.979. The van der Waals surface area contributed by atoms with Gasteiger partial charge in [-0.1, -0.05) is 6.92 Å². The normalized spacial score (nSPS) is 15.6. The number of amides is 1. The molecule has 1 N–H and O–H groups in total. The van der Waals surface area contributed by atoms with E-state index in [2.05, 4.69) is 5.32 Å². The summed E-state index contributed by atoms with van der Waals surface area (Å²) in [5.41, 5.74) is 0.556. The van der Waals surface area contributed by atoms with E-state index in [9.17, 15) is 22.8 Å². The number of hydrogen-bond acceptors (Lipinski definition) is 8. The summed E-state index contributed by atoms with van der Waals surface area (Å²) in [4.78, 5) is 37.8. The van der Waals surface area contributed by atoms with Crippen molar-refractivity contribution in [2.75, 3.05) is 37.9 Å². The van der Waals surface area contributed by atoms with Gasteiger partial charge in [-0.15, -0.1) is 11.3 Å². The molecule has 1 saturated heterocycles. The molecule has 1 aliphatic rings. The number of rotatable bonds is 8. The zero-order valence-electron chi connectivity index (χ0n) is 17.6. The number of carbonyl (C=O) groups excluding carboxylic acids is 3. The van der Waals surface area contributed by atoms with Crippen molar-refractivity contribution in [1.29, 1.82) is 0 Å². The lowest BCUT2D eigenvalue weighted by atomic mass is 9.97. The predicted molar refractivity (Wildman–Crippen MR) is 113 cm³/mol. The van der Waals surface area contributed by atoms with Crippen LogP contribution >= 0.6 is 11.3 Å². The number of thiophene rings is 1. The van der Waals surface area contributed by atoms with Crippen LogP contribution in [0.4, 0.5) is 5.00 Å². The maximum absolute atomic E-state index is 12.8. The van der Waals surface area contributed by atoms with Gasteiger partial charge >= 0.3 is 11.9 Å². The predicted octanol–water partition coefficient (Wildman–Crippen LogP) is 2.41. The van der Waals surface area contributed by atoms with Crippen molar-refractivity contribution in [2.45, 2.75) is 40.0 Å². The average Bonchev–Trinajstić information content (AvgIpc) is 3.01. The van der Waals surface area contributed by atoms with Crippen molar-refractivity contribution in [3.8, 4) is 0 Å². The first-order valence-corrected chi connectivity index (χ1v) is 12.5. The third-order valence-electron chi connectivity index (χ3n) is 4.78. The first-order valence-electron chi connectivity index (χ1n) is 9.83. The monoisotopic (exact) mass is 460 g/mol. The van der Waals surface area contributed by atoms with Gasteiger partial charge in [0.05, 0.1) is 25.0 Å². The Morgan fingerprint density at radius 2 is 1.77 bits per heavy atom. The molecule has 168 valence electrons. The molecular formula is C19H28N2O7S2. The van der Waals surface area contributed by atoms with E-state index in [1.165, 1.54) is 4.31 Å². The molecule has 0 radical (unpaired) electrons. The van der Waals surface area contributed by atoms with Crippen molar-refractivity contribution in [1.82, 2.24) is 4.31 Å². The van der Waals surface area contributed by atoms with Crippen molar-refractivity contribution < 1.29 is 32.3 Å². The van der Waals surface area contributed by atoms with Gasteiger partial charge in [-0.2, -0.15) is 0 Å². The van der Waals surface area contributed by atoms with Crippen LogP contribution in [0.3, 0.4) is 0 Å². The average molecular weight is 461 g/mol. The fourth-order valence-electron chi connectivity index (χ4n) is 3.17. The molecule has 1 aromatic heterocycles. The summed E-state index contributed by atoms with van der Waals surface area (Å²) in [5.74, 6) is -1.88. The number of hydrogen-bond donors (Lipinski definition) is 1. The first-order chi connectivity index (χ1) is 14.1. The number of ether oxygens (including phenoxy) is 2. The standard InChI is InChI=1S/C19H28N2O7S2/c1-5-11-28-18(23)14-12(3)15(19(24)27-6-2)29-17(14)20-16(22)13-7-9-21(10-8-13)30(4,25)26/h13H,5-11H2,1-4H3,(H,20,22). The highest BCUT2D eigenvalue weighted by Crippen LogP contribution is 2.35. The molecule has 1 aliphatic heterocycles. The van der Waals surface area contributed by atoms with Crippen LogP contribution in [0.5, 0.6) is 0 Å². The quantitative estimate of drug-likeness (QED) is 0.592. The third-order valence-corrected chi connectivity index (χ3v) is 7.27.